The van der Waals surface area contributed by atoms with E-state index in [1.165, 1.54) is 6.20 Å². The molecule has 2 N–H and O–H groups in total. The summed E-state index contributed by atoms with van der Waals surface area (Å²) in [7, 11) is -3.33. The van der Waals surface area contributed by atoms with Crippen LogP contribution in [0.4, 0.5) is 0 Å². The number of hydrogen-bond donors (Lipinski definition) is 1. The quantitative estimate of drug-likeness (QED) is 0.467. The van der Waals surface area contributed by atoms with Crippen molar-refractivity contribution < 1.29 is 12.8 Å². The zero-order valence-corrected chi connectivity index (χ0v) is 18.7. The number of hydrogen-bond acceptors (Lipinski definition) is 8. The van der Waals surface area contributed by atoms with Gasteiger partial charge in [-0.05, 0) is 50.6 Å². The maximum atomic E-state index is 12.3. The van der Waals surface area contributed by atoms with Gasteiger partial charge in [0.05, 0.1) is 28.2 Å². The molecule has 2 aromatic carbocycles. The van der Waals surface area contributed by atoms with Crippen molar-refractivity contribution in [1.29, 1.82) is 0 Å². The van der Waals surface area contributed by atoms with Gasteiger partial charge in [0.25, 0.3) is 5.89 Å². The average molecular weight is 450 g/mol. The van der Waals surface area contributed by atoms with Crippen LogP contribution >= 0.6 is 0 Å². The molecule has 2 heterocycles. The van der Waals surface area contributed by atoms with Gasteiger partial charge in [-0.1, -0.05) is 24.3 Å². The third kappa shape index (κ3) is 4.30. The lowest BCUT2D eigenvalue weighted by Crippen LogP contribution is -2.13. The van der Waals surface area contributed by atoms with Crippen molar-refractivity contribution in [2.24, 2.45) is 5.73 Å². The van der Waals surface area contributed by atoms with Crippen LogP contribution in [0, 0.1) is 0 Å². The van der Waals surface area contributed by atoms with Crippen molar-refractivity contribution in [3.8, 4) is 34.3 Å². The third-order valence-electron chi connectivity index (χ3n) is 5.06. The van der Waals surface area contributed by atoms with Crippen molar-refractivity contribution in [3.63, 3.8) is 0 Å². The lowest BCUT2D eigenvalue weighted by molar-refractivity contribution is 0.581. The predicted octanol–water partition coefficient (Wildman–Crippen LogP) is 4.06. The van der Waals surface area contributed by atoms with Gasteiger partial charge in [0.15, 0.2) is 9.84 Å². The van der Waals surface area contributed by atoms with Crippen LogP contribution < -0.4 is 5.73 Å². The Morgan fingerprint density at radius 1 is 0.812 bits per heavy atom. The highest BCUT2D eigenvalue weighted by Crippen LogP contribution is 2.26. The maximum absolute atomic E-state index is 12.3. The van der Waals surface area contributed by atoms with Gasteiger partial charge >= 0.3 is 0 Å². The van der Waals surface area contributed by atoms with Crippen LogP contribution in [0.2, 0.25) is 0 Å². The molecule has 2 aromatic heterocycles. The van der Waals surface area contributed by atoms with E-state index in [0.29, 0.717) is 17.3 Å². The molecule has 9 heteroatoms. The number of rotatable bonds is 6. The molecule has 0 radical (unpaired) electrons. The van der Waals surface area contributed by atoms with Crippen LogP contribution in [0.3, 0.4) is 0 Å². The highest BCUT2D eigenvalue weighted by molar-refractivity contribution is 7.92. The molecular weight excluding hydrogens is 426 g/mol. The second kappa shape index (κ2) is 8.60. The van der Waals surface area contributed by atoms with E-state index in [1.807, 2.05) is 31.2 Å². The van der Waals surface area contributed by atoms with Crippen LogP contribution in [0.5, 0.6) is 0 Å². The summed E-state index contributed by atoms with van der Waals surface area (Å²) in [6.45, 7) is 5.23. The van der Waals surface area contributed by atoms with Crippen molar-refractivity contribution in [3.05, 3.63) is 66.5 Å². The number of sulfone groups is 1. The van der Waals surface area contributed by atoms with Crippen LogP contribution in [-0.2, 0) is 9.84 Å². The van der Waals surface area contributed by atoms with Gasteiger partial charge in [-0.25, -0.2) is 13.4 Å². The smallest absolute Gasteiger partial charge is 0.268 e. The number of nitrogens with two attached hydrogens (primary N) is 1. The zero-order valence-electron chi connectivity index (χ0n) is 17.9. The van der Waals surface area contributed by atoms with Crippen molar-refractivity contribution in [2.45, 2.75) is 37.0 Å². The molecule has 0 amide bonds. The molecule has 0 unspecified atom stereocenters. The Morgan fingerprint density at radius 2 is 1.41 bits per heavy atom. The molecule has 164 valence electrons. The molecule has 0 spiro atoms. The first kappa shape index (κ1) is 21.8. The summed E-state index contributed by atoms with van der Waals surface area (Å²) in [5, 5.41) is 7.72. The summed E-state index contributed by atoms with van der Waals surface area (Å²) in [6.07, 6.45) is 3.14. The van der Waals surface area contributed by atoms with E-state index in [0.717, 1.165) is 16.7 Å². The Kier molecular flexibility index (Phi) is 5.86. The number of nitrogens with zero attached hydrogens (tertiary/aromatic N) is 4. The van der Waals surface area contributed by atoms with Crippen LogP contribution in [-0.4, -0.2) is 33.8 Å². The summed E-state index contributed by atoms with van der Waals surface area (Å²) in [5.41, 5.74) is 9.40. The van der Waals surface area contributed by atoms with E-state index in [2.05, 4.69) is 20.2 Å². The fraction of sp³-hybridized carbons (Fsp3) is 0.217. The van der Waals surface area contributed by atoms with Crippen LogP contribution in [0.1, 0.15) is 32.4 Å². The minimum absolute atomic E-state index is 0.0557. The molecule has 0 saturated heterocycles. The molecule has 1 atom stereocenters. The first-order chi connectivity index (χ1) is 15.3. The fourth-order valence-electron chi connectivity index (χ4n) is 3.07. The summed E-state index contributed by atoms with van der Waals surface area (Å²) in [6, 6.07) is 14.1. The molecule has 4 aromatic rings. The summed E-state index contributed by atoms with van der Waals surface area (Å²) in [5.74, 6) is 0.608. The highest BCUT2D eigenvalue weighted by atomic mass is 32.2. The largest absolute Gasteiger partial charge is 0.415 e. The highest BCUT2D eigenvalue weighted by Gasteiger charge is 2.19. The predicted molar refractivity (Wildman–Crippen MR) is 121 cm³/mol. The number of aromatic nitrogens is 4. The van der Waals surface area contributed by atoms with E-state index in [4.69, 9.17) is 10.2 Å². The monoisotopic (exact) mass is 449 g/mol. The van der Waals surface area contributed by atoms with Crippen LogP contribution in [0.15, 0.2) is 70.2 Å². The van der Waals surface area contributed by atoms with E-state index in [-0.39, 0.29) is 16.8 Å². The molecule has 0 fully saturated rings. The van der Waals surface area contributed by atoms with Gasteiger partial charge < -0.3 is 10.2 Å². The fourth-order valence-corrected chi connectivity index (χ4v) is 4.13. The van der Waals surface area contributed by atoms with Gasteiger partial charge in [0.1, 0.15) is 5.69 Å². The summed E-state index contributed by atoms with van der Waals surface area (Å²) >= 11 is 0. The molecule has 32 heavy (non-hydrogen) atoms. The Morgan fingerprint density at radius 3 is 2.03 bits per heavy atom. The van der Waals surface area contributed by atoms with Crippen molar-refractivity contribution in [1.82, 2.24) is 20.2 Å². The molecule has 8 nitrogen and oxygen atoms in total. The lowest BCUT2D eigenvalue weighted by atomic mass is 10.1. The third-order valence-corrected chi connectivity index (χ3v) is 7.23. The SMILES string of the molecule is CC(C)S(=O)(=O)c1ccc(-c2cncc(-c3nnc(-c4ccc([C@H](C)N)cc4)o3)n2)cc1. The second-order valence-electron chi connectivity index (χ2n) is 7.73. The molecule has 4 rings (SSSR count). The molecule has 0 bridgehead atoms. The van der Waals surface area contributed by atoms with E-state index in [1.54, 1.807) is 44.3 Å². The van der Waals surface area contributed by atoms with E-state index in [9.17, 15) is 8.42 Å². The molecule has 0 aliphatic carbocycles. The van der Waals surface area contributed by atoms with Gasteiger partial charge in [-0.3, -0.25) is 4.98 Å². The first-order valence-corrected chi connectivity index (χ1v) is 11.7. The van der Waals surface area contributed by atoms with Gasteiger partial charge in [0.2, 0.25) is 5.89 Å². The normalized spacial score (nSPS) is 12.8. The van der Waals surface area contributed by atoms with Gasteiger partial charge in [0, 0.05) is 17.2 Å². The average Bonchev–Trinajstić information content (AvgIpc) is 3.29. The van der Waals surface area contributed by atoms with Gasteiger partial charge in [-0.15, -0.1) is 10.2 Å². The molecule has 0 saturated carbocycles. The number of benzene rings is 2. The second-order valence-corrected chi connectivity index (χ2v) is 10.2. The standard InChI is InChI=1S/C23H23N5O3S/c1-14(2)32(29,30)19-10-8-17(9-11-19)20-12-25-13-21(26-20)23-28-27-22(31-23)18-6-4-16(5-7-18)15(3)24/h4-15H,24H2,1-3H3/t15-/m0/s1. The minimum atomic E-state index is -3.33. The Bertz CT molecular complexity index is 1330. The molecule has 0 aliphatic rings. The van der Waals surface area contributed by atoms with Crippen molar-refractivity contribution in [2.75, 3.05) is 0 Å². The maximum Gasteiger partial charge on any atom is 0.268 e. The summed E-state index contributed by atoms with van der Waals surface area (Å²) in [4.78, 5) is 9.06. The van der Waals surface area contributed by atoms with Crippen molar-refractivity contribution >= 4 is 9.84 Å². The Labute approximate surface area is 186 Å². The molecular formula is C23H23N5O3S. The Balaban J connectivity index is 1.60. The lowest BCUT2D eigenvalue weighted by Gasteiger charge is -2.08. The Hall–Kier alpha value is -3.43. The van der Waals surface area contributed by atoms with Crippen LogP contribution in [0.25, 0.3) is 34.3 Å². The van der Waals surface area contributed by atoms with Gasteiger partial charge in [-0.2, -0.15) is 0 Å². The first-order valence-electron chi connectivity index (χ1n) is 10.1. The molecule has 0 aliphatic heterocycles. The topological polar surface area (TPSA) is 125 Å². The minimum Gasteiger partial charge on any atom is -0.415 e. The summed E-state index contributed by atoms with van der Waals surface area (Å²) < 4.78 is 30.5. The van der Waals surface area contributed by atoms with E-state index < -0.39 is 15.1 Å². The zero-order chi connectivity index (χ0) is 22.9. The van der Waals surface area contributed by atoms with E-state index >= 15 is 0 Å².